The van der Waals surface area contributed by atoms with E-state index >= 15 is 0 Å². The molecule has 2 aromatic carbocycles. The Morgan fingerprint density at radius 3 is 2.77 bits per heavy atom. The molecule has 5 nitrogen and oxygen atoms in total. The van der Waals surface area contributed by atoms with Crippen LogP contribution >= 0.6 is 0 Å². The maximum absolute atomic E-state index is 5.77. The summed E-state index contributed by atoms with van der Waals surface area (Å²) in [5, 5.41) is 5.27. The van der Waals surface area contributed by atoms with Crippen molar-refractivity contribution in [2.24, 2.45) is 0 Å². The van der Waals surface area contributed by atoms with Crippen LogP contribution in [0.25, 0.3) is 28.1 Å². The second kappa shape index (κ2) is 7.34. The summed E-state index contributed by atoms with van der Waals surface area (Å²) >= 11 is 0. The number of hydrogen-bond acceptors (Lipinski definition) is 5. The van der Waals surface area contributed by atoms with Gasteiger partial charge in [0.05, 0.1) is 36.1 Å². The van der Waals surface area contributed by atoms with Crippen LogP contribution in [0.3, 0.4) is 0 Å². The zero-order valence-corrected chi connectivity index (χ0v) is 17.3. The van der Waals surface area contributed by atoms with Crippen LogP contribution in [0.15, 0.2) is 59.1 Å². The molecule has 0 bridgehead atoms. The highest BCUT2D eigenvalue weighted by Gasteiger charge is 2.22. The maximum atomic E-state index is 5.77. The van der Waals surface area contributed by atoms with E-state index in [1.54, 1.807) is 7.11 Å². The van der Waals surface area contributed by atoms with Crippen molar-refractivity contribution >= 4 is 22.7 Å². The van der Waals surface area contributed by atoms with Gasteiger partial charge in [0.2, 0.25) is 0 Å². The van der Waals surface area contributed by atoms with Crippen molar-refractivity contribution in [3.05, 3.63) is 77.3 Å². The molecule has 0 aliphatic carbocycles. The van der Waals surface area contributed by atoms with Crippen LogP contribution in [0.1, 0.15) is 22.7 Å². The normalized spacial score (nSPS) is 13.0. The minimum atomic E-state index is 0.732. The van der Waals surface area contributed by atoms with Crippen molar-refractivity contribution in [1.29, 1.82) is 0 Å². The fourth-order valence-corrected chi connectivity index (χ4v) is 4.17. The van der Waals surface area contributed by atoms with Gasteiger partial charge in [-0.2, -0.15) is 0 Å². The molecule has 0 saturated heterocycles. The Kier molecular flexibility index (Phi) is 4.51. The Morgan fingerprint density at radius 1 is 1.10 bits per heavy atom. The smallest absolute Gasteiger partial charge is 0.141 e. The van der Waals surface area contributed by atoms with Gasteiger partial charge in [-0.05, 0) is 37.6 Å². The van der Waals surface area contributed by atoms with Crippen molar-refractivity contribution in [2.75, 3.05) is 18.6 Å². The van der Waals surface area contributed by atoms with E-state index in [9.17, 15) is 0 Å². The summed E-state index contributed by atoms with van der Waals surface area (Å²) in [7, 11) is 1.71. The average Bonchev–Trinajstić information content (AvgIpc) is 3.10. The lowest BCUT2D eigenvalue weighted by Crippen LogP contribution is -2.26. The molecule has 30 heavy (non-hydrogen) atoms. The number of ether oxygens (including phenoxy) is 1. The summed E-state index contributed by atoms with van der Waals surface area (Å²) in [6.45, 7) is 5.45. The van der Waals surface area contributed by atoms with Crippen molar-refractivity contribution in [3.8, 4) is 16.9 Å². The van der Waals surface area contributed by atoms with E-state index in [0.29, 0.717) is 0 Å². The Bertz CT molecular complexity index is 1250. The summed E-state index contributed by atoms with van der Waals surface area (Å²) in [5.41, 5.74) is 7.22. The molecule has 0 spiro atoms. The summed E-state index contributed by atoms with van der Waals surface area (Å²) in [6, 6.07) is 16.7. The second-order valence-corrected chi connectivity index (χ2v) is 7.59. The molecule has 0 fully saturated rings. The highest BCUT2D eigenvalue weighted by atomic mass is 16.5. The molecule has 2 aromatic heterocycles. The molecule has 4 aromatic rings. The molecular formula is C25H23N3O2. The minimum absolute atomic E-state index is 0.732. The number of aryl methyl sites for hydroxylation is 2. The quantitative estimate of drug-likeness (QED) is 0.452. The zero-order valence-electron chi connectivity index (χ0n) is 17.3. The number of nitrogens with zero attached hydrogens (tertiary/aromatic N) is 3. The highest BCUT2D eigenvalue weighted by Crippen LogP contribution is 2.41. The van der Waals surface area contributed by atoms with Crippen LogP contribution in [0, 0.1) is 13.8 Å². The number of aromatic nitrogens is 2. The van der Waals surface area contributed by atoms with Crippen molar-refractivity contribution in [3.63, 3.8) is 0 Å². The Balaban J connectivity index is 1.54. The third-order valence-electron chi connectivity index (χ3n) is 5.62. The van der Waals surface area contributed by atoms with E-state index in [-0.39, 0.29) is 0 Å². The van der Waals surface area contributed by atoms with Gasteiger partial charge in [-0.3, -0.25) is 4.98 Å². The first-order chi connectivity index (χ1) is 14.6. The number of benzene rings is 2. The molecule has 3 heterocycles. The lowest BCUT2D eigenvalue weighted by Gasteiger charge is -2.29. The standard InChI is InChI=1S/C25H23N3O2/c1-16-25(17(2)30-27-16)21-13-19-8-6-12-28(23(19)14-24(21)29-3)15-20-11-10-18-7-4-5-9-22(18)26-20/h4-11,13-14H,12,15H2,1-3H3. The average molecular weight is 397 g/mol. The van der Waals surface area contributed by atoms with Gasteiger partial charge in [-0.1, -0.05) is 41.6 Å². The van der Waals surface area contributed by atoms with Gasteiger partial charge in [-0.15, -0.1) is 0 Å². The zero-order chi connectivity index (χ0) is 20.7. The van der Waals surface area contributed by atoms with Crippen LogP contribution < -0.4 is 9.64 Å². The maximum Gasteiger partial charge on any atom is 0.141 e. The first-order valence-electron chi connectivity index (χ1n) is 10.1. The van der Waals surface area contributed by atoms with Gasteiger partial charge in [0.25, 0.3) is 0 Å². The van der Waals surface area contributed by atoms with E-state index in [2.05, 4.69) is 58.6 Å². The van der Waals surface area contributed by atoms with Crippen LogP contribution in [0.4, 0.5) is 5.69 Å². The minimum Gasteiger partial charge on any atom is -0.496 e. The number of pyridine rings is 1. The molecule has 0 N–H and O–H groups in total. The molecule has 5 rings (SSSR count). The van der Waals surface area contributed by atoms with Crippen LogP contribution in [-0.2, 0) is 6.54 Å². The number of methoxy groups -OCH3 is 1. The highest BCUT2D eigenvalue weighted by molar-refractivity contribution is 5.83. The number of rotatable bonds is 4. The molecular weight excluding hydrogens is 374 g/mol. The molecule has 1 aliphatic heterocycles. The van der Waals surface area contributed by atoms with Gasteiger partial charge in [-0.25, -0.2) is 0 Å². The van der Waals surface area contributed by atoms with Crippen LogP contribution in [-0.4, -0.2) is 23.8 Å². The first kappa shape index (κ1) is 18.4. The van der Waals surface area contributed by atoms with E-state index in [1.165, 1.54) is 0 Å². The summed E-state index contributed by atoms with van der Waals surface area (Å²) in [6.07, 6.45) is 4.35. The number of hydrogen-bond donors (Lipinski definition) is 0. The fraction of sp³-hybridized carbons (Fsp3) is 0.200. The molecule has 0 saturated carbocycles. The largest absolute Gasteiger partial charge is 0.496 e. The fourth-order valence-electron chi connectivity index (χ4n) is 4.17. The first-order valence-corrected chi connectivity index (χ1v) is 10.1. The SMILES string of the molecule is COc1cc2c(cc1-c1c(C)noc1C)C=CCN2Cc1ccc2ccccc2n1. The molecule has 0 radical (unpaired) electrons. The molecule has 0 atom stereocenters. The van der Waals surface area contributed by atoms with Crippen LogP contribution in [0.2, 0.25) is 0 Å². The molecule has 5 heteroatoms. The van der Waals surface area contributed by atoms with Crippen LogP contribution in [0.5, 0.6) is 5.75 Å². The lowest BCUT2D eigenvalue weighted by atomic mass is 9.97. The van der Waals surface area contributed by atoms with E-state index in [0.717, 1.165) is 69.3 Å². The molecule has 0 unspecified atom stereocenters. The Morgan fingerprint density at radius 2 is 1.97 bits per heavy atom. The van der Waals surface area contributed by atoms with E-state index in [1.807, 2.05) is 26.0 Å². The Labute approximate surface area is 175 Å². The predicted octanol–water partition coefficient (Wildman–Crippen LogP) is 5.55. The van der Waals surface area contributed by atoms with Gasteiger partial charge in [0, 0.05) is 29.2 Å². The lowest BCUT2D eigenvalue weighted by molar-refractivity contribution is 0.393. The number of anilines is 1. The predicted molar refractivity (Wildman–Crippen MR) is 120 cm³/mol. The van der Waals surface area contributed by atoms with Gasteiger partial charge >= 0.3 is 0 Å². The third-order valence-corrected chi connectivity index (χ3v) is 5.62. The summed E-state index contributed by atoms with van der Waals surface area (Å²) in [4.78, 5) is 7.17. The van der Waals surface area contributed by atoms with Crippen molar-refractivity contribution in [1.82, 2.24) is 10.1 Å². The topological polar surface area (TPSA) is 51.4 Å². The van der Waals surface area contributed by atoms with E-state index < -0.39 is 0 Å². The Hall–Kier alpha value is -3.60. The number of fused-ring (bicyclic) bond motifs is 2. The summed E-state index contributed by atoms with van der Waals surface area (Å²) in [5.74, 6) is 1.61. The van der Waals surface area contributed by atoms with Crippen molar-refractivity contribution in [2.45, 2.75) is 20.4 Å². The molecule has 150 valence electrons. The van der Waals surface area contributed by atoms with Crippen molar-refractivity contribution < 1.29 is 9.26 Å². The monoisotopic (exact) mass is 397 g/mol. The molecule has 0 amide bonds. The third kappa shape index (κ3) is 3.12. The van der Waals surface area contributed by atoms with Gasteiger partial charge in [0.1, 0.15) is 11.5 Å². The van der Waals surface area contributed by atoms with E-state index in [4.69, 9.17) is 14.2 Å². The van der Waals surface area contributed by atoms with Gasteiger partial charge < -0.3 is 14.2 Å². The summed E-state index contributed by atoms with van der Waals surface area (Å²) < 4.78 is 11.2. The van der Waals surface area contributed by atoms with Gasteiger partial charge in [0.15, 0.2) is 0 Å². The number of para-hydroxylation sites is 1. The second-order valence-electron chi connectivity index (χ2n) is 7.59. The molecule has 1 aliphatic rings.